The highest BCUT2D eigenvalue weighted by Gasteiger charge is 2.20. The van der Waals surface area contributed by atoms with Gasteiger partial charge < -0.3 is 5.32 Å². The molecule has 0 amide bonds. The third-order valence-corrected chi connectivity index (χ3v) is 2.60. The van der Waals surface area contributed by atoms with Crippen LogP contribution in [0.5, 0.6) is 0 Å². The zero-order valence-electron chi connectivity index (χ0n) is 9.57. The summed E-state index contributed by atoms with van der Waals surface area (Å²) in [7, 11) is 0. The Labute approximate surface area is 95.0 Å². The van der Waals surface area contributed by atoms with Crippen molar-refractivity contribution in [2.45, 2.75) is 32.4 Å². The first-order valence-electron chi connectivity index (χ1n) is 5.58. The zero-order valence-corrected chi connectivity index (χ0v) is 9.57. The van der Waals surface area contributed by atoms with Crippen LogP contribution < -0.4 is 11.0 Å². The Bertz CT molecular complexity index is 446. The van der Waals surface area contributed by atoms with E-state index in [0.29, 0.717) is 12.6 Å². The van der Waals surface area contributed by atoms with Crippen molar-refractivity contribution in [3.05, 3.63) is 40.6 Å². The summed E-state index contributed by atoms with van der Waals surface area (Å²) < 4.78 is 1.60. The van der Waals surface area contributed by atoms with Gasteiger partial charge in [0.25, 0.3) is 0 Å². The van der Waals surface area contributed by atoms with Gasteiger partial charge in [-0.15, -0.1) is 0 Å². The first-order valence-corrected chi connectivity index (χ1v) is 5.58. The van der Waals surface area contributed by atoms with E-state index in [1.807, 2.05) is 13.1 Å². The molecule has 1 heterocycles. The SMILES string of the molecule is C=C(CNC1CC1)Cn1cc(C)cnc1=O. The quantitative estimate of drug-likeness (QED) is 0.747. The average molecular weight is 219 g/mol. The minimum Gasteiger partial charge on any atom is -0.310 e. The Hall–Kier alpha value is -1.42. The maximum atomic E-state index is 11.4. The largest absolute Gasteiger partial charge is 0.347 e. The molecule has 0 aliphatic heterocycles. The van der Waals surface area contributed by atoms with Crippen molar-refractivity contribution < 1.29 is 0 Å². The standard InChI is InChI=1S/C12H17N3O/c1-9(5-13-11-3-4-11)7-15-8-10(2)6-14-12(15)16/h6,8,11,13H,1,3-5,7H2,2H3. The molecule has 4 nitrogen and oxygen atoms in total. The van der Waals surface area contributed by atoms with E-state index in [1.165, 1.54) is 12.8 Å². The predicted octanol–water partition coefficient (Wildman–Crippen LogP) is 0.860. The number of rotatable bonds is 5. The fourth-order valence-electron chi connectivity index (χ4n) is 1.55. The van der Waals surface area contributed by atoms with E-state index in [-0.39, 0.29) is 5.69 Å². The number of hydrogen-bond acceptors (Lipinski definition) is 3. The van der Waals surface area contributed by atoms with E-state index in [0.717, 1.165) is 17.7 Å². The Morgan fingerprint density at radius 3 is 3.12 bits per heavy atom. The number of nitrogens with one attached hydrogen (secondary N) is 1. The molecule has 16 heavy (non-hydrogen) atoms. The van der Waals surface area contributed by atoms with Crippen molar-refractivity contribution in [1.29, 1.82) is 0 Å². The van der Waals surface area contributed by atoms with E-state index in [4.69, 9.17) is 0 Å². The molecule has 1 N–H and O–H groups in total. The lowest BCUT2D eigenvalue weighted by Gasteiger charge is -2.09. The summed E-state index contributed by atoms with van der Waals surface area (Å²) in [5.74, 6) is 0. The number of hydrogen-bond donors (Lipinski definition) is 1. The summed E-state index contributed by atoms with van der Waals surface area (Å²) in [4.78, 5) is 15.2. The van der Waals surface area contributed by atoms with Gasteiger partial charge in [-0.05, 0) is 30.9 Å². The lowest BCUT2D eigenvalue weighted by atomic mass is 10.3. The lowest BCUT2D eigenvalue weighted by molar-refractivity contribution is 0.656. The molecule has 4 heteroatoms. The molecule has 1 aromatic heterocycles. The van der Waals surface area contributed by atoms with E-state index in [1.54, 1.807) is 10.8 Å². The Morgan fingerprint density at radius 1 is 1.69 bits per heavy atom. The topological polar surface area (TPSA) is 46.9 Å². The van der Waals surface area contributed by atoms with Crippen LogP contribution >= 0.6 is 0 Å². The lowest BCUT2D eigenvalue weighted by Crippen LogP contribution is -2.26. The van der Waals surface area contributed by atoms with Gasteiger partial charge in [0.2, 0.25) is 0 Å². The first-order chi connectivity index (χ1) is 7.65. The van der Waals surface area contributed by atoms with Crippen molar-refractivity contribution in [2.24, 2.45) is 0 Å². The van der Waals surface area contributed by atoms with Crippen LogP contribution in [-0.2, 0) is 6.54 Å². The van der Waals surface area contributed by atoms with Gasteiger partial charge in [-0.1, -0.05) is 6.58 Å². The Balaban J connectivity index is 1.93. The summed E-state index contributed by atoms with van der Waals surface area (Å²) in [5.41, 5.74) is 1.79. The molecule has 0 spiro atoms. The first kappa shape index (κ1) is 11.1. The number of aryl methyl sites for hydroxylation is 1. The third kappa shape index (κ3) is 3.03. The summed E-state index contributed by atoms with van der Waals surface area (Å²) in [5, 5.41) is 3.38. The van der Waals surface area contributed by atoms with Gasteiger partial charge in [-0.3, -0.25) is 4.57 Å². The van der Waals surface area contributed by atoms with E-state index < -0.39 is 0 Å². The highest BCUT2D eigenvalue weighted by molar-refractivity contribution is 5.04. The zero-order chi connectivity index (χ0) is 11.5. The molecule has 1 aliphatic rings. The van der Waals surface area contributed by atoms with Crippen molar-refractivity contribution in [2.75, 3.05) is 6.54 Å². The van der Waals surface area contributed by atoms with Gasteiger partial charge in [0, 0.05) is 31.5 Å². The normalized spacial score (nSPS) is 15.1. The van der Waals surface area contributed by atoms with Crippen molar-refractivity contribution in [1.82, 2.24) is 14.9 Å². The Kier molecular flexibility index (Phi) is 3.19. The smallest absolute Gasteiger partial charge is 0.310 e. The summed E-state index contributed by atoms with van der Waals surface area (Å²) in [6.07, 6.45) is 5.93. The van der Waals surface area contributed by atoms with Crippen LogP contribution in [0.15, 0.2) is 29.3 Å². The molecular weight excluding hydrogens is 202 g/mol. The summed E-state index contributed by atoms with van der Waals surface area (Å²) in [6, 6.07) is 0.670. The van der Waals surface area contributed by atoms with E-state index >= 15 is 0 Å². The highest BCUT2D eigenvalue weighted by atomic mass is 16.1. The van der Waals surface area contributed by atoms with Gasteiger partial charge >= 0.3 is 5.69 Å². The minimum atomic E-state index is -0.210. The monoisotopic (exact) mass is 219 g/mol. The molecule has 1 aromatic rings. The average Bonchev–Trinajstić information content (AvgIpc) is 3.04. The van der Waals surface area contributed by atoms with E-state index in [9.17, 15) is 4.79 Å². The van der Waals surface area contributed by atoms with Crippen LogP contribution in [-0.4, -0.2) is 22.1 Å². The van der Waals surface area contributed by atoms with Crippen LogP contribution in [0.1, 0.15) is 18.4 Å². The highest BCUT2D eigenvalue weighted by Crippen LogP contribution is 2.18. The molecular formula is C12H17N3O. The molecule has 2 rings (SSSR count). The molecule has 0 unspecified atom stereocenters. The summed E-state index contributed by atoms with van der Waals surface area (Å²) in [6.45, 7) is 7.23. The molecule has 0 bridgehead atoms. The third-order valence-electron chi connectivity index (χ3n) is 2.60. The number of aromatic nitrogens is 2. The van der Waals surface area contributed by atoms with Crippen molar-refractivity contribution in [3.8, 4) is 0 Å². The van der Waals surface area contributed by atoms with Crippen LogP contribution in [0.3, 0.4) is 0 Å². The van der Waals surface area contributed by atoms with Gasteiger partial charge in [0.1, 0.15) is 0 Å². The molecule has 1 fully saturated rings. The van der Waals surface area contributed by atoms with Crippen molar-refractivity contribution in [3.63, 3.8) is 0 Å². The van der Waals surface area contributed by atoms with Crippen molar-refractivity contribution >= 4 is 0 Å². The second kappa shape index (κ2) is 4.61. The Morgan fingerprint density at radius 2 is 2.44 bits per heavy atom. The predicted molar refractivity (Wildman–Crippen MR) is 63.4 cm³/mol. The second-order valence-electron chi connectivity index (χ2n) is 4.45. The van der Waals surface area contributed by atoms with Crippen LogP contribution in [0.2, 0.25) is 0 Å². The van der Waals surface area contributed by atoms with Crippen LogP contribution in [0.4, 0.5) is 0 Å². The molecule has 0 radical (unpaired) electrons. The van der Waals surface area contributed by atoms with Gasteiger partial charge in [0.15, 0.2) is 0 Å². The van der Waals surface area contributed by atoms with Gasteiger partial charge in [-0.2, -0.15) is 0 Å². The van der Waals surface area contributed by atoms with Gasteiger partial charge in [-0.25, -0.2) is 9.78 Å². The molecule has 0 atom stereocenters. The van der Waals surface area contributed by atoms with Crippen LogP contribution in [0.25, 0.3) is 0 Å². The van der Waals surface area contributed by atoms with Crippen LogP contribution in [0, 0.1) is 6.92 Å². The second-order valence-corrected chi connectivity index (χ2v) is 4.45. The molecule has 0 saturated heterocycles. The molecule has 0 aromatic carbocycles. The summed E-state index contributed by atoms with van der Waals surface area (Å²) >= 11 is 0. The maximum Gasteiger partial charge on any atom is 0.347 e. The fraction of sp³-hybridized carbons (Fsp3) is 0.500. The molecule has 1 saturated carbocycles. The minimum absolute atomic E-state index is 0.210. The molecule has 86 valence electrons. The maximum absolute atomic E-state index is 11.4. The number of nitrogens with zero attached hydrogens (tertiary/aromatic N) is 2. The van der Waals surface area contributed by atoms with E-state index in [2.05, 4.69) is 16.9 Å². The van der Waals surface area contributed by atoms with Gasteiger partial charge in [0.05, 0.1) is 0 Å². The fourth-order valence-corrected chi connectivity index (χ4v) is 1.55. The molecule has 1 aliphatic carbocycles.